The molecule has 0 saturated carbocycles. The van der Waals surface area contributed by atoms with E-state index in [1.54, 1.807) is 12.4 Å². The molecule has 2 aromatic rings. The van der Waals surface area contributed by atoms with Crippen molar-refractivity contribution in [2.24, 2.45) is 0 Å². The summed E-state index contributed by atoms with van der Waals surface area (Å²) in [6, 6.07) is 7.60. The number of aromatic nitrogens is 2. The van der Waals surface area contributed by atoms with Crippen LogP contribution in [0.3, 0.4) is 0 Å². The molecule has 12 heavy (non-hydrogen) atoms. The van der Waals surface area contributed by atoms with Crippen LogP contribution < -0.4 is 0 Å². The maximum absolute atomic E-state index is 3.89. The summed E-state index contributed by atoms with van der Waals surface area (Å²) < 4.78 is 0. The van der Waals surface area contributed by atoms with E-state index in [2.05, 4.69) is 22.4 Å². The zero-order chi connectivity index (χ0) is 8.23. The average molecular weight is 154 g/mol. The third-order valence-electron chi connectivity index (χ3n) is 1.51. The first-order valence-corrected chi connectivity index (χ1v) is 3.62. The maximum Gasteiger partial charge on any atom is 0.0971 e. The van der Waals surface area contributed by atoms with Crippen molar-refractivity contribution in [2.75, 3.05) is 0 Å². The smallest absolute Gasteiger partial charge is 0.0971 e. The monoisotopic (exact) mass is 154 g/mol. The normalized spacial score (nSPS) is 9.67. The fourth-order valence-corrected chi connectivity index (χ4v) is 0.953. The van der Waals surface area contributed by atoms with Gasteiger partial charge in [-0.25, -0.2) is 0 Å². The topological polar surface area (TPSA) is 25.8 Å². The van der Waals surface area contributed by atoms with Gasteiger partial charge in [0, 0.05) is 23.5 Å². The van der Waals surface area contributed by atoms with E-state index >= 15 is 0 Å². The average Bonchev–Trinajstić information content (AvgIpc) is 2.21. The molecule has 0 bridgehead atoms. The van der Waals surface area contributed by atoms with Gasteiger partial charge in [-0.05, 0) is 12.1 Å². The maximum atomic E-state index is 3.89. The summed E-state index contributed by atoms with van der Waals surface area (Å²) in [6.07, 6.45) is 9.12. The molecule has 2 rings (SSSR count). The highest BCUT2D eigenvalue weighted by Crippen LogP contribution is 2.13. The van der Waals surface area contributed by atoms with Crippen LogP contribution in [0.1, 0.15) is 0 Å². The van der Waals surface area contributed by atoms with Gasteiger partial charge in [0.25, 0.3) is 0 Å². The molecule has 0 aliphatic rings. The zero-order valence-corrected chi connectivity index (χ0v) is 6.36. The number of hydrogen-bond donors (Lipinski definition) is 0. The highest BCUT2D eigenvalue weighted by atomic mass is 14.6. The molecule has 2 radical (unpaired) electrons. The molecule has 0 atom stereocenters. The van der Waals surface area contributed by atoms with Crippen molar-refractivity contribution in [3.63, 3.8) is 0 Å². The molecule has 2 heteroatoms. The van der Waals surface area contributed by atoms with Gasteiger partial charge < -0.3 is 0 Å². The standard InChI is InChI=1S/C10H6N2/c1-3-9(7-11-5-1)10-4-2-6-12-8-10/h1-6H. The second-order valence-corrected chi connectivity index (χ2v) is 2.33. The summed E-state index contributed by atoms with van der Waals surface area (Å²) in [5, 5.41) is 0. The first-order valence-electron chi connectivity index (χ1n) is 3.62. The van der Waals surface area contributed by atoms with Crippen LogP contribution in [0.2, 0.25) is 0 Å². The van der Waals surface area contributed by atoms with Gasteiger partial charge in [-0.15, -0.1) is 0 Å². The predicted molar refractivity (Wildman–Crippen MR) is 45.1 cm³/mol. The van der Waals surface area contributed by atoms with E-state index in [1.807, 2.05) is 24.3 Å². The lowest BCUT2D eigenvalue weighted by atomic mass is 10.1. The Bertz CT molecular complexity index is 305. The lowest BCUT2D eigenvalue weighted by Crippen LogP contribution is -1.80. The molecule has 0 amide bonds. The summed E-state index contributed by atoms with van der Waals surface area (Å²) in [5.74, 6) is 0. The van der Waals surface area contributed by atoms with Gasteiger partial charge in [-0.2, -0.15) is 0 Å². The largest absolute Gasteiger partial charge is 0.254 e. The highest BCUT2D eigenvalue weighted by Gasteiger charge is 1.95. The Morgan fingerprint density at radius 3 is 1.67 bits per heavy atom. The number of rotatable bonds is 1. The van der Waals surface area contributed by atoms with Gasteiger partial charge >= 0.3 is 0 Å². The molecular weight excluding hydrogens is 148 g/mol. The van der Waals surface area contributed by atoms with Crippen molar-refractivity contribution in [3.05, 3.63) is 49.1 Å². The van der Waals surface area contributed by atoms with Crippen LogP contribution in [0.4, 0.5) is 0 Å². The van der Waals surface area contributed by atoms with Gasteiger partial charge in [0.2, 0.25) is 0 Å². The van der Waals surface area contributed by atoms with Crippen molar-refractivity contribution in [2.45, 2.75) is 0 Å². The second kappa shape index (κ2) is 3.13. The Labute approximate surface area is 70.9 Å². The molecule has 0 aromatic carbocycles. The lowest BCUT2D eigenvalue weighted by Gasteiger charge is -1.95. The fraction of sp³-hybridized carbons (Fsp3) is 0. The fourth-order valence-electron chi connectivity index (χ4n) is 0.953. The Hall–Kier alpha value is -1.70. The minimum absolute atomic E-state index is 0.922. The Kier molecular flexibility index (Phi) is 1.82. The molecule has 0 aliphatic heterocycles. The van der Waals surface area contributed by atoms with E-state index in [-0.39, 0.29) is 0 Å². The van der Waals surface area contributed by atoms with E-state index < -0.39 is 0 Å². The third kappa shape index (κ3) is 1.32. The van der Waals surface area contributed by atoms with Crippen LogP contribution in [-0.4, -0.2) is 9.97 Å². The summed E-state index contributed by atoms with van der Waals surface area (Å²) in [4.78, 5) is 7.78. The lowest BCUT2D eigenvalue weighted by molar-refractivity contribution is 1.28. The molecule has 0 N–H and O–H groups in total. The van der Waals surface area contributed by atoms with Crippen molar-refractivity contribution in [1.82, 2.24) is 9.97 Å². The molecule has 56 valence electrons. The van der Waals surface area contributed by atoms with Gasteiger partial charge in [-0.1, -0.05) is 12.1 Å². The summed E-state index contributed by atoms with van der Waals surface area (Å²) >= 11 is 0. The van der Waals surface area contributed by atoms with Crippen LogP contribution in [0.5, 0.6) is 0 Å². The van der Waals surface area contributed by atoms with Gasteiger partial charge in [0.1, 0.15) is 0 Å². The first-order chi connectivity index (χ1) is 5.97. The highest BCUT2D eigenvalue weighted by molar-refractivity contribution is 5.59. The van der Waals surface area contributed by atoms with Gasteiger partial charge in [0.05, 0.1) is 12.4 Å². The Morgan fingerprint density at radius 2 is 1.33 bits per heavy atom. The zero-order valence-electron chi connectivity index (χ0n) is 6.36. The number of hydrogen-bond acceptors (Lipinski definition) is 2. The summed E-state index contributed by atoms with van der Waals surface area (Å²) in [6.45, 7) is 0. The quantitative estimate of drug-likeness (QED) is 0.625. The molecule has 0 aliphatic carbocycles. The van der Waals surface area contributed by atoms with Crippen LogP contribution in [-0.2, 0) is 0 Å². The van der Waals surface area contributed by atoms with E-state index in [4.69, 9.17) is 0 Å². The molecule has 2 aromatic heterocycles. The Balaban J connectivity index is 2.46. The minimum atomic E-state index is 0.922. The summed E-state index contributed by atoms with van der Waals surface area (Å²) in [5.41, 5.74) is 1.84. The van der Waals surface area contributed by atoms with Crippen LogP contribution >= 0.6 is 0 Å². The number of nitrogens with zero attached hydrogens (tertiary/aromatic N) is 2. The molecule has 2 nitrogen and oxygen atoms in total. The minimum Gasteiger partial charge on any atom is -0.254 e. The summed E-state index contributed by atoms with van der Waals surface area (Å²) in [7, 11) is 0. The van der Waals surface area contributed by atoms with Gasteiger partial charge in [-0.3, -0.25) is 9.97 Å². The van der Waals surface area contributed by atoms with E-state index in [0.29, 0.717) is 0 Å². The molecule has 0 saturated heterocycles. The predicted octanol–water partition coefficient (Wildman–Crippen LogP) is 1.74. The molecule has 0 spiro atoms. The van der Waals surface area contributed by atoms with Crippen molar-refractivity contribution in [3.8, 4) is 11.1 Å². The van der Waals surface area contributed by atoms with Crippen LogP contribution in [0, 0.1) is 12.4 Å². The van der Waals surface area contributed by atoms with Crippen LogP contribution in [0.15, 0.2) is 36.7 Å². The number of pyridine rings is 2. The van der Waals surface area contributed by atoms with Gasteiger partial charge in [0.15, 0.2) is 0 Å². The van der Waals surface area contributed by atoms with E-state index in [1.165, 1.54) is 0 Å². The van der Waals surface area contributed by atoms with Crippen molar-refractivity contribution < 1.29 is 0 Å². The SMILES string of the molecule is [c]1ncccc1-c1[c]nccc1. The van der Waals surface area contributed by atoms with Crippen molar-refractivity contribution >= 4 is 0 Å². The first kappa shape index (κ1) is 6.98. The molecule has 0 fully saturated rings. The van der Waals surface area contributed by atoms with E-state index in [0.717, 1.165) is 11.1 Å². The molecular formula is C10H6N2. The van der Waals surface area contributed by atoms with Crippen molar-refractivity contribution in [1.29, 1.82) is 0 Å². The second-order valence-electron chi connectivity index (χ2n) is 2.33. The van der Waals surface area contributed by atoms with E-state index in [9.17, 15) is 0 Å². The third-order valence-corrected chi connectivity index (χ3v) is 1.51. The Morgan fingerprint density at radius 1 is 0.833 bits per heavy atom. The van der Waals surface area contributed by atoms with Crippen LogP contribution in [0.25, 0.3) is 11.1 Å². The molecule has 0 unspecified atom stereocenters. The molecule has 2 heterocycles.